The number of hydrogen-bond acceptors (Lipinski definition) is 5. The van der Waals surface area contributed by atoms with Gasteiger partial charge in [-0.2, -0.15) is 0 Å². The van der Waals surface area contributed by atoms with Crippen molar-refractivity contribution < 1.29 is 20.4 Å². The van der Waals surface area contributed by atoms with Gasteiger partial charge >= 0.3 is 0 Å². The van der Waals surface area contributed by atoms with Gasteiger partial charge in [0.2, 0.25) is 0 Å². The predicted molar refractivity (Wildman–Crippen MR) is 36.7 cm³/mol. The van der Waals surface area contributed by atoms with E-state index in [1.165, 1.54) is 4.90 Å². The average Bonchev–Trinajstić information content (AvgIpc) is 2.28. The standard InChI is InChI=1S/C6H13NO4/c8-2-4-6(11)5(10)1-7(4)3-9/h4-6,8-11H,1-3H2. The summed E-state index contributed by atoms with van der Waals surface area (Å²) in [5.74, 6) is 0. The van der Waals surface area contributed by atoms with Crippen LogP contribution in [0.2, 0.25) is 0 Å². The maximum atomic E-state index is 9.20. The second kappa shape index (κ2) is 3.46. The monoisotopic (exact) mass is 163 g/mol. The summed E-state index contributed by atoms with van der Waals surface area (Å²) in [7, 11) is 0. The van der Waals surface area contributed by atoms with Crippen molar-refractivity contribution >= 4 is 0 Å². The summed E-state index contributed by atoms with van der Waals surface area (Å²) in [4.78, 5) is 1.43. The molecule has 4 N–H and O–H groups in total. The first-order valence-corrected chi connectivity index (χ1v) is 3.52. The molecule has 1 saturated heterocycles. The van der Waals surface area contributed by atoms with Gasteiger partial charge in [0.15, 0.2) is 0 Å². The Morgan fingerprint density at radius 3 is 2.27 bits per heavy atom. The van der Waals surface area contributed by atoms with Crippen molar-refractivity contribution in [3.8, 4) is 0 Å². The van der Waals surface area contributed by atoms with Crippen molar-refractivity contribution in [2.24, 2.45) is 0 Å². The molecule has 1 aliphatic rings. The van der Waals surface area contributed by atoms with E-state index in [2.05, 4.69) is 0 Å². The number of hydrogen-bond donors (Lipinski definition) is 4. The molecule has 1 aliphatic heterocycles. The Morgan fingerprint density at radius 1 is 1.27 bits per heavy atom. The van der Waals surface area contributed by atoms with Gasteiger partial charge in [0, 0.05) is 6.54 Å². The van der Waals surface area contributed by atoms with Crippen molar-refractivity contribution in [1.29, 1.82) is 0 Å². The van der Waals surface area contributed by atoms with Crippen LogP contribution in [-0.2, 0) is 0 Å². The highest BCUT2D eigenvalue weighted by molar-refractivity contribution is 4.91. The normalized spacial score (nSPS) is 39.8. The van der Waals surface area contributed by atoms with Gasteiger partial charge in [-0.1, -0.05) is 0 Å². The van der Waals surface area contributed by atoms with E-state index >= 15 is 0 Å². The molecule has 0 spiro atoms. The van der Waals surface area contributed by atoms with Crippen LogP contribution < -0.4 is 0 Å². The second-order valence-corrected chi connectivity index (χ2v) is 2.72. The molecule has 11 heavy (non-hydrogen) atoms. The first-order valence-electron chi connectivity index (χ1n) is 3.52. The lowest BCUT2D eigenvalue weighted by Crippen LogP contribution is -2.39. The summed E-state index contributed by atoms with van der Waals surface area (Å²) in [5, 5.41) is 35.7. The Hall–Kier alpha value is -0.200. The lowest BCUT2D eigenvalue weighted by molar-refractivity contribution is 0.00910. The molecule has 1 fully saturated rings. The maximum Gasteiger partial charge on any atom is 0.0989 e. The van der Waals surface area contributed by atoms with E-state index in [1.807, 2.05) is 0 Å². The maximum absolute atomic E-state index is 9.20. The highest BCUT2D eigenvalue weighted by Gasteiger charge is 2.38. The predicted octanol–water partition coefficient (Wildman–Crippen LogP) is -2.67. The van der Waals surface area contributed by atoms with E-state index in [4.69, 9.17) is 15.3 Å². The highest BCUT2D eigenvalue weighted by atomic mass is 16.3. The minimum atomic E-state index is -0.952. The number of aliphatic hydroxyl groups is 4. The summed E-state index contributed by atoms with van der Waals surface area (Å²) in [6.07, 6.45) is -1.81. The second-order valence-electron chi connectivity index (χ2n) is 2.72. The number of likely N-dealkylation sites (tertiary alicyclic amines) is 1. The smallest absolute Gasteiger partial charge is 0.0989 e. The Labute approximate surface area is 64.5 Å². The highest BCUT2D eigenvalue weighted by Crippen LogP contribution is 2.16. The summed E-state index contributed by atoms with van der Waals surface area (Å²) >= 11 is 0. The molecular weight excluding hydrogens is 150 g/mol. The molecule has 0 aromatic carbocycles. The van der Waals surface area contributed by atoms with Crippen LogP contribution in [-0.4, -0.2) is 63.5 Å². The Bertz CT molecular complexity index is 132. The summed E-state index contributed by atoms with van der Waals surface area (Å²) in [6.45, 7) is -0.291. The largest absolute Gasteiger partial charge is 0.395 e. The van der Waals surface area contributed by atoms with Gasteiger partial charge in [-0.15, -0.1) is 0 Å². The van der Waals surface area contributed by atoms with Crippen molar-refractivity contribution in [3.05, 3.63) is 0 Å². The molecule has 0 aliphatic carbocycles. The summed E-state index contributed by atoms with van der Waals surface area (Å²) in [6, 6.07) is -0.532. The fourth-order valence-corrected chi connectivity index (χ4v) is 1.34. The summed E-state index contributed by atoms with van der Waals surface area (Å²) in [5.41, 5.74) is 0. The Morgan fingerprint density at radius 2 is 1.91 bits per heavy atom. The quantitative estimate of drug-likeness (QED) is 0.357. The minimum Gasteiger partial charge on any atom is -0.395 e. The lowest BCUT2D eigenvalue weighted by atomic mass is 10.1. The third kappa shape index (κ3) is 1.52. The fraction of sp³-hybridized carbons (Fsp3) is 1.00. The third-order valence-electron chi connectivity index (χ3n) is 2.05. The van der Waals surface area contributed by atoms with Crippen LogP contribution in [0.3, 0.4) is 0 Å². The zero-order chi connectivity index (χ0) is 8.43. The molecule has 0 aromatic heterocycles. The molecule has 3 atom stereocenters. The Kier molecular flexibility index (Phi) is 2.80. The SMILES string of the molecule is OCC1C(O)C(O)CN1CO. The van der Waals surface area contributed by atoms with Crippen LogP contribution in [0.5, 0.6) is 0 Å². The van der Waals surface area contributed by atoms with Crippen LogP contribution in [0.15, 0.2) is 0 Å². The van der Waals surface area contributed by atoms with E-state index in [-0.39, 0.29) is 19.9 Å². The molecule has 3 unspecified atom stereocenters. The van der Waals surface area contributed by atoms with E-state index in [0.29, 0.717) is 0 Å². The zero-order valence-electron chi connectivity index (χ0n) is 6.09. The van der Waals surface area contributed by atoms with Crippen LogP contribution in [0.1, 0.15) is 0 Å². The topological polar surface area (TPSA) is 84.2 Å². The first kappa shape index (κ1) is 8.89. The molecule has 0 amide bonds. The zero-order valence-corrected chi connectivity index (χ0v) is 6.09. The van der Waals surface area contributed by atoms with E-state index in [0.717, 1.165) is 0 Å². The van der Waals surface area contributed by atoms with Gasteiger partial charge < -0.3 is 20.4 Å². The van der Waals surface area contributed by atoms with Crippen molar-refractivity contribution in [1.82, 2.24) is 4.90 Å². The lowest BCUT2D eigenvalue weighted by Gasteiger charge is -2.20. The average molecular weight is 163 g/mol. The van der Waals surface area contributed by atoms with Crippen LogP contribution in [0, 0.1) is 0 Å². The molecule has 5 heteroatoms. The molecule has 0 saturated carbocycles. The molecular formula is C6H13NO4. The van der Waals surface area contributed by atoms with E-state index < -0.39 is 18.2 Å². The summed E-state index contributed by atoms with van der Waals surface area (Å²) < 4.78 is 0. The number of aliphatic hydroxyl groups excluding tert-OH is 4. The van der Waals surface area contributed by atoms with Gasteiger partial charge in [-0.3, -0.25) is 4.90 Å². The van der Waals surface area contributed by atoms with Crippen molar-refractivity contribution in [2.75, 3.05) is 19.9 Å². The molecule has 1 rings (SSSR count). The number of nitrogens with zero attached hydrogens (tertiary/aromatic N) is 1. The van der Waals surface area contributed by atoms with Crippen molar-refractivity contribution in [2.45, 2.75) is 18.2 Å². The molecule has 0 bridgehead atoms. The van der Waals surface area contributed by atoms with Crippen LogP contribution >= 0.6 is 0 Å². The molecule has 1 heterocycles. The Balaban J connectivity index is 2.57. The molecule has 66 valence electrons. The van der Waals surface area contributed by atoms with E-state index in [9.17, 15) is 5.11 Å². The van der Waals surface area contributed by atoms with Gasteiger partial charge in [0.05, 0.1) is 31.6 Å². The van der Waals surface area contributed by atoms with Crippen LogP contribution in [0.25, 0.3) is 0 Å². The fourth-order valence-electron chi connectivity index (χ4n) is 1.34. The van der Waals surface area contributed by atoms with E-state index in [1.54, 1.807) is 0 Å². The first-order chi connectivity index (χ1) is 5.20. The van der Waals surface area contributed by atoms with Gasteiger partial charge in [-0.05, 0) is 0 Å². The molecule has 5 nitrogen and oxygen atoms in total. The van der Waals surface area contributed by atoms with Crippen LogP contribution in [0.4, 0.5) is 0 Å². The minimum absolute atomic E-state index is 0.211. The van der Waals surface area contributed by atoms with Gasteiger partial charge in [0.25, 0.3) is 0 Å². The number of rotatable bonds is 2. The third-order valence-corrected chi connectivity index (χ3v) is 2.05. The van der Waals surface area contributed by atoms with Gasteiger partial charge in [-0.25, -0.2) is 0 Å². The number of β-amino-alcohol motifs (C(OH)–C–C–N with tert-alkyl or cyclic N) is 1. The molecule has 0 aromatic rings. The van der Waals surface area contributed by atoms with Gasteiger partial charge in [0.1, 0.15) is 0 Å². The molecule has 0 radical (unpaired) electrons. The van der Waals surface area contributed by atoms with Crippen molar-refractivity contribution in [3.63, 3.8) is 0 Å².